The van der Waals surface area contributed by atoms with Gasteiger partial charge in [0.25, 0.3) is 0 Å². The molecule has 9 aromatic carbocycles. The van der Waals surface area contributed by atoms with Gasteiger partial charge >= 0.3 is 0 Å². The van der Waals surface area contributed by atoms with Crippen molar-refractivity contribution in [1.29, 1.82) is 0 Å². The number of hydrogen-bond donors (Lipinski definition) is 0. The van der Waals surface area contributed by atoms with Crippen LogP contribution in [0.25, 0.3) is 75.5 Å². The van der Waals surface area contributed by atoms with Gasteiger partial charge in [0, 0.05) is 31.5 Å². The van der Waals surface area contributed by atoms with E-state index < -0.39 is 0 Å². The summed E-state index contributed by atoms with van der Waals surface area (Å²) in [6, 6.07) is 77.1. The normalized spacial score (nSPS) is 11.3. The first kappa shape index (κ1) is 32.0. The summed E-state index contributed by atoms with van der Waals surface area (Å²) in [7, 11) is 0. The molecule has 0 fully saturated rings. The Hall–Kier alpha value is -6.74. The molecule has 1 aromatic heterocycles. The maximum absolute atomic E-state index is 2.41. The van der Waals surface area contributed by atoms with Gasteiger partial charge in [0.1, 0.15) is 0 Å². The van der Waals surface area contributed by atoms with Crippen LogP contribution >= 0.6 is 11.3 Å². The Bertz CT molecular complexity index is 2920. The molecule has 0 unspecified atom stereocenters. The SMILES string of the molecule is c1ccc(-c2ccc(N(c3ccc(-c4cccc(-c5cccc(-c6cccc7ccccc67)c5)c4)cc3)c3cccc4sc5ccccc5c34)cc2)cc1. The third-order valence-corrected chi connectivity index (χ3v) is 11.6. The Morgan fingerprint density at radius 2 is 0.796 bits per heavy atom. The number of anilines is 3. The van der Waals surface area contributed by atoms with E-state index in [1.54, 1.807) is 0 Å². The van der Waals surface area contributed by atoms with Crippen LogP contribution in [0.4, 0.5) is 17.1 Å². The lowest BCUT2D eigenvalue weighted by Gasteiger charge is -2.27. The minimum absolute atomic E-state index is 1.12. The molecule has 0 atom stereocenters. The predicted molar refractivity (Wildman–Crippen MR) is 233 cm³/mol. The molecular formula is C52H35NS. The molecule has 0 aliphatic heterocycles. The molecule has 0 radical (unpaired) electrons. The van der Waals surface area contributed by atoms with E-state index in [4.69, 9.17) is 0 Å². The quantitative estimate of drug-likeness (QED) is 0.160. The summed E-state index contributed by atoms with van der Waals surface area (Å²) >= 11 is 1.86. The minimum Gasteiger partial charge on any atom is -0.310 e. The summed E-state index contributed by atoms with van der Waals surface area (Å²) in [4.78, 5) is 2.41. The number of rotatable bonds is 7. The molecule has 2 heteroatoms. The molecule has 0 saturated heterocycles. The summed E-state index contributed by atoms with van der Waals surface area (Å²) in [6.07, 6.45) is 0. The minimum atomic E-state index is 1.12. The lowest BCUT2D eigenvalue weighted by Crippen LogP contribution is -2.10. The average molecular weight is 706 g/mol. The first-order valence-electron chi connectivity index (χ1n) is 18.4. The average Bonchev–Trinajstić information content (AvgIpc) is 3.64. The predicted octanol–water partition coefficient (Wildman–Crippen LogP) is 15.3. The van der Waals surface area contributed by atoms with Crippen LogP contribution < -0.4 is 4.90 Å². The molecule has 0 spiro atoms. The molecule has 0 amide bonds. The first-order chi connectivity index (χ1) is 26.8. The van der Waals surface area contributed by atoms with E-state index in [1.807, 2.05) is 11.3 Å². The molecule has 10 aromatic rings. The van der Waals surface area contributed by atoms with Crippen molar-refractivity contribution < 1.29 is 0 Å². The van der Waals surface area contributed by atoms with Crippen molar-refractivity contribution in [1.82, 2.24) is 0 Å². The van der Waals surface area contributed by atoms with Crippen LogP contribution in [0, 0.1) is 0 Å². The molecule has 0 bridgehead atoms. The van der Waals surface area contributed by atoms with Crippen LogP contribution in [0.3, 0.4) is 0 Å². The van der Waals surface area contributed by atoms with Gasteiger partial charge in [-0.25, -0.2) is 0 Å². The van der Waals surface area contributed by atoms with Crippen molar-refractivity contribution in [2.45, 2.75) is 0 Å². The second kappa shape index (κ2) is 13.7. The van der Waals surface area contributed by atoms with E-state index in [0.717, 1.165) is 11.4 Å². The van der Waals surface area contributed by atoms with Crippen LogP contribution in [0.2, 0.25) is 0 Å². The van der Waals surface area contributed by atoms with E-state index in [0.29, 0.717) is 0 Å². The first-order valence-corrected chi connectivity index (χ1v) is 19.2. The van der Waals surface area contributed by atoms with E-state index in [1.165, 1.54) is 81.1 Å². The zero-order valence-corrected chi connectivity index (χ0v) is 30.4. The maximum Gasteiger partial charge on any atom is 0.0554 e. The third-order valence-electron chi connectivity index (χ3n) is 10.5. The zero-order chi connectivity index (χ0) is 35.8. The Morgan fingerprint density at radius 1 is 0.315 bits per heavy atom. The number of thiophene rings is 1. The molecule has 1 heterocycles. The van der Waals surface area contributed by atoms with Gasteiger partial charge in [0.15, 0.2) is 0 Å². The summed E-state index contributed by atoms with van der Waals surface area (Å²) in [5, 5.41) is 5.11. The third kappa shape index (κ3) is 5.84. The topological polar surface area (TPSA) is 3.24 Å². The number of benzene rings is 9. The summed E-state index contributed by atoms with van der Waals surface area (Å²) in [5.74, 6) is 0. The van der Waals surface area contributed by atoms with Gasteiger partial charge in [-0.05, 0) is 110 Å². The van der Waals surface area contributed by atoms with Crippen LogP contribution in [0.15, 0.2) is 212 Å². The van der Waals surface area contributed by atoms with E-state index >= 15 is 0 Å². The molecular weight excluding hydrogens is 671 g/mol. The second-order valence-corrected chi connectivity index (χ2v) is 14.8. The van der Waals surface area contributed by atoms with Crippen molar-refractivity contribution >= 4 is 59.3 Å². The second-order valence-electron chi connectivity index (χ2n) is 13.7. The number of fused-ring (bicyclic) bond motifs is 4. The molecule has 0 aliphatic rings. The highest BCUT2D eigenvalue weighted by Crippen LogP contribution is 2.45. The molecule has 10 rings (SSSR count). The lowest BCUT2D eigenvalue weighted by atomic mass is 9.94. The number of nitrogens with zero attached hydrogens (tertiary/aromatic N) is 1. The summed E-state index contributed by atoms with van der Waals surface area (Å²) in [5.41, 5.74) is 13.1. The van der Waals surface area contributed by atoms with Crippen molar-refractivity contribution in [2.75, 3.05) is 4.90 Å². The molecule has 0 N–H and O–H groups in total. The zero-order valence-electron chi connectivity index (χ0n) is 29.6. The van der Waals surface area contributed by atoms with Gasteiger partial charge in [0.2, 0.25) is 0 Å². The Morgan fingerprint density at radius 3 is 1.54 bits per heavy atom. The smallest absolute Gasteiger partial charge is 0.0554 e. The highest BCUT2D eigenvalue weighted by atomic mass is 32.1. The van der Waals surface area contributed by atoms with Crippen molar-refractivity contribution in [3.8, 4) is 44.5 Å². The van der Waals surface area contributed by atoms with Gasteiger partial charge < -0.3 is 4.90 Å². The van der Waals surface area contributed by atoms with Crippen molar-refractivity contribution in [2.24, 2.45) is 0 Å². The standard InChI is InChI=1S/C52H35NS/c1-2-12-36(13-3-1)37-26-30-44(31-27-37)53(49-23-11-25-51-52(49)48-21-6-7-24-50(48)54-51)45-32-28-38(29-33-45)40-16-8-17-41(34-40)42-18-9-19-43(35-42)47-22-10-15-39-14-4-5-20-46(39)47/h1-35H. The summed E-state index contributed by atoms with van der Waals surface area (Å²) in [6.45, 7) is 0. The molecule has 1 nitrogen and oxygen atoms in total. The van der Waals surface area contributed by atoms with Gasteiger partial charge in [-0.3, -0.25) is 0 Å². The Kier molecular flexibility index (Phi) is 8.09. The molecule has 0 aliphatic carbocycles. The van der Waals surface area contributed by atoms with Crippen LogP contribution in [-0.4, -0.2) is 0 Å². The maximum atomic E-state index is 2.41. The number of hydrogen-bond acceptors (Lipinski definition) is 2. The molecule has 254 valence electrons. The van der Waals surface area contributed by atoms with Gasteiger partial charge in [-0.2, -0.15) is 0 Å². The lowest BCUT2D eigenvalue weighted by molar-refractivity contribution is 1.30. The van der Waals surface area contributed by atoms with Crippen LogP contribution in [0.1, 0.15) is 0 Å². The highest BCUT2D eigenvalue weighted by Gasteiger charge is 2.19. The largest absolute Gasteiger partial charge is 0.310 e. The highest BCUT2D eigenvalue weighted by molar-refractivity contribution is 7.26. The molecule has 0 saturated carbocycles. The van der Waals surface area contributed by atoms with Crippen molar-refractivity contribution in [3.63, 3.8) is 0 Å². The van der Waals surface area contributed by atoms with Gasteiger partial charge in [-0.1, -0.05) is 158 Å². The van der Waals surface area contributed by atoms with E-state index in [-0.39, 0.29) is 0 Å². The Labute approximate surface area is 319 Å². The fraction of sp³-hybridized carbons (Fsp3) is 0. The van der Waals surface area contributed by atoms with Gasteiger partial charge in [0.05, 0.1) is 5.69 Å². The van der Waals surface area contributed by atoms with Crippen molar-refractivity contribution in [3.05, 3.63) is 212 Å². The van der Waals surface area contributed by atoms with Crippen LogP contribution in [-0.2, 0) is 0 Å². The monoisotopic (exact) mass is 705 g/mol. The van der Waals surface area contributed by atoms with Gasteiger partial charge in [-0.15, -0.1) is 11.3 Å². The fourth-order valence-corrected chi connectivity index (χ4v) is 8.95. The van der Waals surface area contributed by atoms with Crippen LogP contribution in [0.5, 0.6) is 0 Å². The van der Waals surface area contributed by atoms with E-state index in [2.05, 4.69) is 217 Å². The van der Waals surface area contributed by atoms with E-state index in [9.17, 15) is 0 Å². The molecule has 54 heavy (non-hydrogen) atoms. The fourth-order valence-electron chi connectivity index (χ4n) is 7.83. The Balaban J connectivity index is 1.03. The summed E-state index contributed by atoms with van der Waals surface area (Å²) < 4.78 is 2.59.